The molecule has 1 amide bonds. The first-order valence-corrected chi connectivity index (χ1v) is 6.94. The van der Waals surface area contributed by atoms with Crippen LogP contribution in [-0.2, 0) is 4.74 Å². The van der Waals surface area contributed by atoms with Crippen LogP contribution in [0.3, 0.4) is 0 Å². The Bertz CT molecular complexity index is 542. The standard InChI is InChI=1S/C14H18BrN3O2/c1-14(2,3)20-13(19)17-7-5-4-6-10-8-11(15)12(16)18-9-10/h8-9H,5,7H2,1-3H3,(H2,16,18)(H,17,19). The Kier molecular flexibility index (Phi) is 5.83. The van der Waals surface area contributed by atoms with Gasteiger partial charge in [-0.1, -0.05) is 11.8 Å². The van der Waals surface area contributed by atoms with E-state index in [1.165, 1.54) is 0 Å². The van der Waals surface area contributed by atoms with Gasteiger partial charge in [-0.3, -0.25) is 0 Å². The summed E-state index contributed by atoms with van der Waals surface area (Å²) in [7, 11) is 0. The third kappa shape index (κ3) is 6.43. The Morgan fingerprint density at radius 3 is 2.85 bits per heavy atom. The second-order valence-electron chi connectivity index (χ2n) is 5.07. The maximum atomic E-state index is 11.4. The van der Waals surface area contributed by atoms with Crippen molar-refractivity contribution in [1.82, 2.24) is 10.3 Å². The molecule has 0 saturated carbocycles. The molecule has 0 saturated heterocycles. The van der Waals surface area contributed by atoms with Gasteiger partial charge in [-0.05, 0) is 42.8 Å². The Labute approximate surface area is 127 Å². The quantitative estimate of drug-likeness (QED) is 0.641. The Balaban J connectivity index is 2.36. The van der Waals surface area contributed by atoms with Crippen molar-refractivity contribution < 1.29 is 9.53 Å². The lowest BCUT2D eigenvalue weighted by Gasteiger charge is -2.19. The minimum absolute atomic E-state index is 0.433. The summed E-state index contributed by atoms with van der Waals surface area (Å²) in [4.78, 5) is 15.3. The van der Waals surface area contributed by atoms with Crippen molar-refractivity contribution in [3.05, 3.63) is 22.3 Å². The summed E-state index contributed by atoms with van der Waals surface area (Å²) < 4.78 is 5.82. The number of carbonyl (C=O) groups is 1. The summed E-state index contributed by atoms with van der Waals surface area (Å²) >= 11 is 3.29. The monoisotopic (exact) mass is 339 g/mol. The first-order valence-electron chi connectivity index (χ1n) is 6.14. The van der Waals surface area contributed by atoms with Crippen LogP contribution in [0.25, 0.3) is 0 Å². The van der Waals surface area contributed by atoms with Crippen LogP contribution < -0.4 is 11.1 Å². The van der Waals surface area contributed by atoms with E-state index in [4.69, 9.17) is 10.5 Å². The number of ether oxygens (including phenoxy) is 1. The van der Waals surface area contributed by atoms with Crippen molar-refractivity contribution in [3.63, 3.8) is 0 Å². The number of nitrogens with one attached hydrogen (secondary N) is 1. The van der Waals surface area contributed by atoms with Crippen LogP contribution >= 0.6 is 15.9 Å². The fourth-order valence-electron chi connectivity index (χ4n) is 1.22. The van der Waals surface area contributed by atoms with Crippen molar-refractivity contribution in [3.8, 4) is 11.8 Å². The summed E-state index contributed by atoms with van der Waals surface area (Å²) in [6, 6.07) is 1.80. The van der Waals surface area contributed by atoms with E-state index in [0.29, 0.717) is 18.8 Å². The van der Waals surface area contributed by atoms with Gasteiger partial charge in [0.25, 0.3) is 0 Å². The maximum absolute atomic E-state index is 11.4. The molecule has 0 radical (unpaired) electrons. The van der Waals surface area contributed by atoms with Crippen molar-refractivity contribution in [2.24, 2.45) is 0 Å². The van der Waals surface area contributed by atoms with E-state index in [0.717, 1.165) is 10.0 Å². The Morgan fingerprint density at radius 1 is 1.55 bits per heavy atom. The number of carbonyl (C=O) groups excluding carboxylic acids is 1. The van der Waals surface area contributed by atoms with Gasteiger partial charge in [0.2, 0.25) is 0 Å². The normalized spacial score (nSPS) is 10.4. The largest absolute Gasteiger partial charge is 0.444 e. The van der Waals surface area contributed by atoms with Gasteiger partial charge in [-0.25, -0.2) is 9.78 Å². The summed E-state index contributed by atoms with van der Waals surface area (Å²) in [5.74, 6) is 6.32. The predicted octanol–water partition coefficient (Wildman–Crippen LogP) is 2.69. The van der Waals surface area contributed by atoms with Gasteiger partial charge in [0.05, 0.1) is 4.47 Å². The molecule has 0 aliphatic carbocycles. The van der Waals surface area contributed by atoms with Crippen molar-refractivity contribution in [1.29, 1.82) is 0 Å². The second kappa shape index (κ2) is 7.15. The second-order valence-corrected chi connectivity index (χ2v) is 5.93. The lowest BCUT2D eigenvalue weighted by atomic mass is 10.2. The number of nitrogens with zero attached hydrogens (tertiary/aromatic N) is 1. The molecule has 0 bridgehead atoms. The van der Waals surface area contributed by atoms with Crippen molar-refractivity contribution in [2.45, 2.75) is 32.8 Å². The molecule has 20 heavy (non-hydrogen) atoms. The topological polar surface area (TPSA) is 77.2 Å². The number of rotatable bonds is 2. The van der Waals surface area contributed by atoms with Crippen LogP contribution in [0.2, 0.25) is 0 Å². The Hall–Kier alpha value is -1.74. The highest BCUT2D eigenvalue weighted by Crippen LogP contribution is 2.16. The van der Waals surface area contributed by atoms with E-state index in [2.05, 4.69) is 38.1 Å². The average Bonchev–Trinajstić information content (AvgIpc) is 2.31. The van der Waals surface area contributed by atoms with Crippen LogP contribution in [0.15, 0.2) is 16.7 Å². The maximum Gasteiger partial charge on any atom is 0.407 e. The average molecular weight is 340 g/mol. The fraction of sp³-hybridized carbons (Fsp3) is 0.429. The number of halogens is 1. The van der Waals surface area contributed by atoms with Crippen LogP contribution in [0.1, 0.15) is 32.8 Å². The SMILES string of the molecule is CC(C)(C)OC(=O)NCCC#Cc1cnc(N)c(Br)c1. The van der Waals surface area contributed by atoms with E-state index in [1.807, 2.05) is 20.8 Å². The summed E-state index contributed by atoms with van der Waals surface area (Å²) in [6.45, 7) is 5.89. The lowest BCUT2D eigenvalue weighted by Crippen LogP contribution is -2.32. The minimum atomic E-state index is -0.488. The van der Waals surface area contributed by atoms with Gasteiger partial charge < -0.3 is 15.8 Å². The number of aromatic nitrogens is 1. The number of amides is 1. The highest BCUT2D eigenvalue weighted by molar-refractivity contribution is 9.10. The smallest absolute Gasteiger partial charge is 0.407 e. The number of hydrogen-bond donors (Lipinski definition) is 2. The van der Waals surface area contributed by atoms with Gasteiger partial charge in [-0.2, -0.15) is 0 Å². The molecule has 108 valence electrons. The van der Waals surface area contributed by atoms with E-state index in [9.17, 15) is 4.79 Å². The third-order valence-corrected chi connectivity index (χ3v) is 2.66. The fourth-order valence-corrected chi connectivity index (χ4v) is 1.57. The summed E-state index contributed by atoms with van der Waals surface area (Å²) in [6.07, 6.45) is 1.70. The lowest BCUT2D eigenvalue weighted by molar-refractivity contribution is 0.0529. The molecule has 0 aromatic carbocycles. The van der Waals surface area contributed by atoms with Crippen LogP contribution in [0.4, 0.5) is 10.6 Å². The number of nitrogens with two attached hydrogens (primary N) is 1. The minimum Gasteiger partial charge on any atom is -0.444 e. The van der Waals surface area contributed by atoms with E-state index in [1.54, 1.807) is 12.3 Å². The van der Waals surface area contributed by atoms with Crippen LogP contribution in [-0.4, -0.2) is 23.2 Å². The molecule has 0 aliphatic heterocycles. The first-order chi connectivity index (χ1) is 9.28. The summed E-state index contributed by atoms with van der Waals surface area (Å²) in [5, 5.41) is 2.64. The third-order valence-electron chi connectivity index (χ3n) is 2.02. The number of nitrogen functional groups attached to an aromatic ring is 1. The van der Waals surface area contributed by atoms with Gasteiger partial charge in [0.15, 0.2) is 0 Å². The van der Waals surface area contributed by atoms with E-state index >= 15 is 0 Å². The van der Waals surface area contributed by atoms with Crippen LogP contribution in [0, 0.1) is 11.8 Å². The van der Waals surface area contributed by atoms with Gasteiger partial charge in [0, 0.05) is 24.7 Å². The molecule has 0 spiro atoms. The Morgan fingerprint density at radius 2 is 2.25 bits per heavy atom. The van der Waals surface area contributed by atoms with E-state index in [-0.39, 0.29) is 0 Å². The van der Waals surface area contributed by atoms with E-state index < -0.39 is 11.7 Å². The molecule has 5 nitrogen and oxygen atoms in total. The highest BCUT2D eigenvalue weighted by atomic mass is 79.9. The number of pyridine rings is 1. The molecular formula is C14H18BrN3O2. The molecule has 1 aromatic heterocycles. The molecular weight excluding hydrogens is 322 g/mol. The molecule has 1 heterocycles. The van der Waals surface area contributed by atoms with Crippen molar-refractivity contribution >= 4 is 27.8 Å². The van der Waals surface area contributed by atoms with Gasteiger partial charge in [-0.15, -0.1) is 0 Å². The molecule has 6 heteroatoms. The molecule has 1 rings (SSSR count). The molecule has 0 unspecified atom stereocenters. The predicted molar refractivity (Wildman–Crippen MR) is 82.1 cm³/mol. The summed E-state index contributed by atoms with van der Waals surface area (Å²) in [5.41, 5.74) is 5.86. The highest BCUT2D eigenvalue weighted by Gasteiger charge is 2.15. The molecule has 0 atom stereocenters. The zero-order valence-electron chi connectivity index (χ0n) is 11.8. The number of anilines is 1. The number of hydrogen-bond acceptors (Lipinski definition) is 4. The zero-order valence-corrected chi connectivity index (χ0v) is 13.4. The van der Waals surface area contributed by atoms with Gasteiger partial charge >= 0.3 is 6.09 Å². The molecule has 3 N–H and O–H groups in total. The molecule has 0 fully saturated rings. The van der Waals surface area contributed by atoms with Gasteiger partial charge in [0.1, 0.15) is 11.4 Å². The molecule has 0 aliphatic rings. The van der Waals surface area contributed by atoms with Crippen molar-refractivity contribution in [2.75, 3.05) is 12.3 Å². The first kappa shape index (κ1) is 16.3. The zero-order chi connectivity index (χ0) is 15.2. The van der Waals surface area contributed by atoms with Crippen LogP contribution in [0.5, 0.6) is 0 Å². The molecule has 1 aromatic rings. The number of alkyl carbamates (subject to hydrolysis) is 1.